The molecule has 0 aliphatic heterocycles. The van der Waals surface area contributed by atoms with Gasteiger partial charge in [-0.1, -0.05) is 46.6 Å². The summed E-state index contributed by atoms with van der Waals surface area (Å²) in [5.74, 6) is 2.43. The molecule has 0 rings (SSSR count). The van der Waals surface area contributed by atoms with E-state index in [0.29, 0.717) is 0 Å². The molecular formula is C12H24. The van der Waals surface area contributed by atoms with E-state index in [1.165, 1.54) is 12.8 Å². The summed E-state index contributed by atoms with van der Waals surface area (Å²) in [4.78, 5) is 0. The SMILES string of the molecule is C#CCC.C=CCC.CCCC. The van der Waals surface area contributed by atoms with Gasteiger partial charge in [-0.05, 0) is 6.42 Å². The van der Waals surface area contributed by atoms with Crippen LogP contribution < -0.4 is 0 Å². The topological polar surface area (TPSA) is 0 Å². The molecule has 0 radical (unpaired) electrons. The Bertz CT molecular complexity index is 82.7. The number of terminal acetylenes is 1. The van der Waals surface area contributed by atoms with Crippen molar-refractivity contribution >= 4 is 0 Å². The number of allylic oxidation sites excluding steroid dienone is 1. The number of hydrogen-bond donors (Lipinski definition) is 0. The van der Waals surface area contributed by atoms with Gasteiger partial charge in [-0.3, -0.25) is 0 Å². The van der Waals surface area contributed by atoms with Crippen molar-refractivity contribution in [3.8, 4) is 12.3 Å². The Morgan fingerprint density at radius 2 is 1.42 bits per heavy atom. The molecule has 0 N–H and O–H groups in total. The predicted octanol–water partition coefficient (Wildman–Crippen LogP) is 4.42. The van der Waals surface area contributed by atoms with Gasteiger partial charge in [-0.15, -0.1) is 18.9 Å². The lowest BCUT2D eigenvalue weighted by atomic mass is 10.4. The average molecular weight is 168 g/mol. The van der Waals surface area contributed by atoms with Crippen molar-refractivity contribution in [2.45, 2.75) is 53.4 Å². The van der Waals surface area contributed by atoms with E-state index in [9.17, 15) is 0 Å². The highest BCUT2D eigenvalue weighted by Crippen LogP contribution is 1.76. The van der Waals surface area contributed by atoms with Gasteiger partial charge in [0.05, 0.1) is 0 Å². The van der Waals surface area contributed by atoms with Crippen LogP contribution in [0.25, 0.3) is 0 Å². The third-order valence-corrected chi connectivity index (χ3v) is 0.993. The molecule has 0 aliphatic carbocycles. The smallest absolute Gasteiger partial charge is 0.00576 e. The zero-order valence-electron chi connectivity index (χ0n) is 9.19. The van der Waals surface area contributed by atoms with Gasteiger partial charge in [0.2, 0.25) is 0 Å². The van der Waals surface area contributed by atoms with Crippen LogP contribution in [0.1, 0.15) is 53.4 Å². The van der Waals surface area contributed by atoms with Gasteiger partial charge in [0, 0.05) is 6.42 Å². The molecule has 12 heavy (non-hydrogen) atoms. The molecule has 0 bridgehead atoms. The van der Waals surface area contributed by atoms with E-state index >= 15 is 0 Å². The van der Waals surface area contributed by atoms with Gasteiger partial charge >= 0.3 is 0 Å². The Kier molecular flexibility index (Phi) is 46.0. The first-order chi connectivity index (χ1) is 5.74. The van der Waals surface area contributed by atoms with E-state index in [1.54, 1.807) is 0 Å². The molecule has 0 saturated heterocycles. The minimum absolute atomic E-state index is 0.847. The number of unbranched alkanes of at least 4 members (excludes halogenated alkanes) is 1. The van der Waals surface area contributed by atoms with Crippen molar-refractivity contribution in [2.75, 3.05) is 0 Å². The van der Waals surface area contributed by atoms with Crippen molar-refractivity contribution in [1.29, 1.82) is 0 Å². The van der Waals surface area contributed by atoms with Crippen LogP contribution in [0, 0.1) is 12.3 Å². The normalized spacial score (nSPS) is 6.25. The molecule has 0 spiro atoms. The highest BCUT2D eigenvalue weighted by molar-refractivity contribution is 4.80. The van der Waals surface area contributed by atoms with Crippen LogP contribution in [0.5, 0.6) is 0 Å². The highest BCUT2D eigenvalue weighted by Gasteiger charge is 1.56. The Balaban J connectivity index is -0.000000101. The average Bonchev–Trinajstić information content (AvgIpc) is 2.18. The fraction of sp³-hybridized carbons (Fsp3) is 0.667. The van der Waals surface area contributed by atoms with E-state index < -0.39 is 0 Å². The minimum Gasteiger partial charge on any atom is -0.120 e. The third-order valence-electron chi connectivity index (χ3n) is 0.993. The van der Waals surface area contributed by atoms with Gasteiger partial charge in [-0.25, -0.2) is 0 Å². The van der Waals surface area contributed by atoms with Crippen LogP contribution in [-0.2, 0) is 0 Å². The summed E-state index contributed by atoms with van der Waals surface area (Å²) in [7, 11) is 0. The van der Waals surface area contributed by atoms with Crippen LogP contribution in [0.4, 0.5) is 0 Å². The zero-order valence-corrected chi connectivity index (χ0v) is 9.19. The molecule has 0 amide bonds. The lowest BCUT2D eigenvalue weighted by molar-refractivity contribution is 0.886. The molecule has 0 aromatic heterocycles. The summed E-state index contributed by atoms with van der Waals surface area (Å²) in [6.07, 6.45) is 11.2. The fourth-order valence-corrected chi connectivity index (χ4v) is 0. The monoisotopic (exact) mass is 168 g/mol. The second-order valence-electron chi connectivity index (χ2n) is 2.25. The third kappa shape index (κ3) is 121. The van der Waals surface area contributed by atoms with Crippen molar-refractivity contribution in [1.82, 2.24) is 0 Å². The molecule has 0 saturated carbocycles. The molecule has 0 heterocycles. The Morgan fingerprint density at radius 3 is 1.42 bits per heavy atom. The second-order valence-corrected chi connectivity index (χ2v) is 2.25. The largest absolute Gasteiger partial charge is 0.120 e. The Labute approximate surface area is 79.1 Å². The molecule has 0 atom stereocenters. The van der Waals surface area contributed by atoms with Crippen LogP contribution >= 0.6 is 0 Å². The van der Waals surface area contributed by atoms with Crippen LogP contribution in [-0.4, -0.2) is 0 Å². The van der Waals surface area contributed by atoms with Gasteiger partial charge in [0.15, 0.2) is 0 Å². The molecule has 0 aromatic rings. The summed E-state index contributed by atoms with van der Waals surface area (Å²) in [6, 6.07) is 0. The lowest BCUT2D eigenvalue weighted by Gasteiger charge is -1.68. The lowest BCUT2D eigenvalue weighted by Crippen LogP contribution is -1.47. The number of hydrogen-bond acceptors (Lipinski definition) is 0. The predicted molar refractivity (Wildman–Crippen MR) is 60.2 cm³/mol. The molecule has 0 unspecified atom stereocenters. The first-order valence-electron chi connectivity index (χ1n) is 4.79. The highest BCUT2D eigenvalue weighted by atomic mass is 13.6. The molecule has 0 fully saturated rings. The van der Waals surface area contributed by atoms with E-state index in [2.05, 4.69) is 33.3 Å². The van der Waals surface area contributed by atoms with Crippen molar-refractivity contribution < 1.29 is 0 Å². The maximum absolute atomic E-state index is 4.78. The molecule has 0 aliphatic rings. The fourth-order valence-electron chi connectivity index (χ4n) is 0. The molecule has 72 valence electrons. The summed E-state index contributed by atoms with van der Waals surface area (Å²) in [5, 5.41) is 0. The van der Waals surface area contributed by atoms with Gasteiger partial charge in [-0.2, -0.15) is 0 Å². The van der Waals surface area contributed by atoms with E-state index in [0.717, 1.165) is 12.8 Å². The Morgan fingerprint density at radius 1 is 1.17 bits per heavy atom. The first-order valence-corrected chi connectivity index (χ1v) is 4.79. The molecular weight excluding hydrogens is 144 g/mol. The first kappa shape index (κ1) is 17.4. The maximum atomic E-state index is 4.78. The summed E-state index contributed by atoms with van der Waals surface area (Å²) >= 11 is 0. The van der Waals surface area contributed by atoms with Crippen LogP contribution in [0.2, 0.25) is 0 Å². The van der Waals surface area contributed by atoms with Crippen molar-refractivity contribution in [3.05, 3.63) is 12.7 Å². The Hall–Kier alpha value is -0.700. The minimum atomic E-state index is 0.847. The molecule has 0 aromatic carbocycles. The summed E-state index contributed by atoms with van der Waals surface area (Å²) in [5.41, 5.74) is 0. The molecule has 0 heteroatoms. The van der Waals surface area contributed by atoms with Crippen LogP contribution in [0.15, 0.2) is 12.7 Å². The van der Waals surface area contributed by atoms with E-state index in [-0.39, 0.29) is 0 Å². The molecule has 0 nitrogen and oxygen atoms in total. The van der Waals surface area contributed by atoms with Gasteiger partial charge in [0.25, 0.3) is 0 Å². The zero-order chi connectivity index (χ0) is 10.2. The second kappa shape index (κ2) is 31.7. The van der Waals surface area contributed by atoms with Crippen molar-refractivity contribution in [3.63, 3.8) is 0 Å². The standard InChI is InChI=1S/C4H10.C4H8.C4H6/c3*1-3-4-2/h3-4H2,1-2H3;3H,1,4H2,2H3;1H,4H2,2H3. The van der Waals surface area contributed by atoms with E-state index in [4.69, 9.17) is 6.42 Å². The van der Waals surface area contributed by atoms with Crippen molar-refractivity contribution in [2.24, 2.45) is 0 Å². The van der Waals surface area contributed by atoms with Gasteiger partial charge in [0.1, 0.15) is 0 Å². The van der Waals surface area contributed by atoms with Crippen LogP contribution in [0.3, 0.4) is 0 Å². The van der Waals surface area contributed by atoms with E-state index in [1.807, 2.05) is 13.0 Å². The quantitative estimate of drug-likeness (QED) is 0.423. The van der Waals surface area contributed by atoms with Gasteiger partial charge < -0.3 is 0 Å². The summed E-state index contributed by atoms with van der Waals surface area (Å²) < 4.78 is 0. The number of rotatable bonds is 2. The maximum Gasteiger partial charge on any atom is 0.00576 e. The summed E-state index contributed by atoms with van der Waals surface area (Å²) in [6.45, 7) is 11.8.